The molecule has 108 valence electrons. The number of hydrogen-bond acceptors (Lipinski definition) is 4. The molecule has 2 aromatic rings. The molecule has 0 aliphatic carbocycles. The number of nitro groups is 1. The van der Waals surface area contributed by atoms with Crippen molar-refractivity contribution < 1.29 is 9.66 Å². The number of hydrogen-bond donors (Lipinski definition) is 2. The van der Waals surface area contributed by atoms with E-state index in [1.54, 1.807) is 31.2 Å². The van der Waals surface area contributed by atoms with Crippen LogP contribution in [-0.4, -0.2) is 10.8 Å². The van der Waals surface area contributed by atoms with Crippen LogP contribution in [0.3, 0.4) is 0 Å². The molecule has 7 heteroatoms. The largest absolute Gasteiger partial charge is 0.457 e. The van der Waals surface area contributed by atoms with E-state index in [9.17, 15) is 10.1 Å². The lowest BCUT2D eigenvalue weighted by molar-refractivity contribution is -0.384. The summed E-state index contributed by atoms with van der Waals surface area (Å²) in [5.41, 5.74) is 6.69. The Hall–Kier alpha value is -2.41. The van der Waals surface area contributed by atoms with E-state index in [0.717, 1.165) is 0 Å². The normalized spacial score (nSPS) is 10.2. The minimum absolute atomic E-state index is 0.0213. The summed E-state index contributed by atoms with van der Waals surface area (Å²) in [6.07, 6.45) is 0. The first kappa shape index (κ1) is 15.0. The summed E-state index contributed by atoms with van der Waals surface area (Å²) in [5.74, 6) is 1.03. The van der Waals surface area contributed by atoms with Crippen molar-refractivity contribution in [1.29, 1.82) is 5.41 Å². The molecule has 21 heavy (non-hydrogen) atoms. The maximum absolute atomic E-state index is 10.7. The number of benzene rings is 2. The fraction of sp³-hybridized carbons (Fsp3) is 0.0714. The first-order valence-electron chi connectivity index (χ1n) is 5.95. The molecule has 0 bridgehead atoms. The molecule has 0 atom stereocenters. The van der Waals surface area contributed by atoms with Crippen LogP contribution >= 0.6 is 15.9 Å². The molecule has 3 N–H and O–H groups in total. The molecule has 2 rings (SSSR count). The number of halogens is 1. The van der Waals surface area contributed by atoms with Crippen LogP contribution in [0.25, 0.3) is 0 Å². The van der Waals surface area contributed by atoms with Gasteiger partial charge < -0.3 is 10.5 Å². The average molecular weight is 350 g/mol. The molecule has 0 saturated heterocycles. The number of nitrogen functional groups attached to an aromatic ring is 1. The number of amidine groups is 1. The lowest BCUT2D eigenvalue weighted by Gasteiger charge is -2.10. The molecule has 0 heterocycles. The summed E-state index contributed by atoms with van der Waals surface area (Å²) in [6, 6.07) is 9.44. The Morgan fingerprint density at radius 2 is 2.05 bits per heavy atom. The molecule has 0 unspecified atom stereocenters. The number of rotatable bonds is 4. The van der Waals surface area contributed by atoms with Gasteiger partial charge in [0.25, 0.3) is 5.69 Å². The lowest BCUT2D eigenvalue weighted by atomic mass is 10.2. The average Bonchev–Trinajstić information content (AvgIpc) is 2.40. The van der Waals surface area contributed by atoms with Crippen molar-refractivity contribution in [1.82, 2.24) is 0 Å². The minimum atomic E-state index is -0.449. The molecule has 0 saturated carbocycles. The quantitative estimate of drug-likeness (QED) is 0.379. The van der Waals surface area contributed by atoms with E-state index in [-0.39, 0.29) is 11.5 Å². The Kier molecular flexibility index (Phi) is 4.23. The lowest BCUT2D eigenvalue weighted by Crippen LogP contribution is -2.11. The van der Waals surface area contributed by atoms with Gasteiger partial charge in [0, 0.05) is 22.2 Å². The molecule has 0 spiro atoms. The number of non-ortho nitro benzene ring substituents is 1. The fourth-order valence-electron chi connectivity index (χ4n) is 1.77. The standard InChI is InChI=1S/C14H12BrN3O3/c1-8-6-9(18(19)20)2-5-13(8)21-10-3-4-11(14(16)17)12(15)7-10/h2-7H,1H3,(H3,16,17). The van der Waals surface area contributed by atoms with E-state index in [4.69, 9.17) is 15.9 Å². The first-order chi connectivity index (χ1) is 9.88. The SMILES string of the molecule is Cc1cc([N+](=O)[O-])ccc1Oc1ccc(C(=N)N)c(Br)c1. The zero-order valence-corrected chi connectivity index (χ0v) is 12.7. The molecule has 0 amide bonds. The van der Waals surface area contributed by atoms with E-state index in [0.29, 0.717) is 27.1 Å². The van der Waals surface area contributed by atoms with Gasteiger partial charge in [0.15, 0.2) is 0 Å². The maximum Gasteiger partial charge on any atom is 0.269 e. The smallest absolute Gasteiger partial charge is 0.269 e. The second kappa shape index (κ2) is 5.92. The van der Waals surface area contributed by atoms with Crippen molar-refractivity contribution in [3.05, 3.63) is 62.1 Å². The van der Waals surface area contributed by atoms with Crippen LogP contribution in [0, 0.1) is 22.4 Å². The highest BCUT2D eigenvalue weighted by Gasteiger charge is 2.10. The van der Waals surface area contributed by atoms with Gasteiger partial charge in [-0.2, -0.15) is 0 Å². The molecule has 0 aliphatic heterocycles. The number of ether oxygens (including phenoxy) is 1. The number of nitrogens with one attached hydrogen (secondary N) is 1. The zero-order chi connectivity index (χ0) is 15.6. The molecule has 6 nitrogen and oxygen atoms in total. The van der Waals surface area contributed by atoms with Gasteiger partial charge in [-0.3, -0.25) is 15.5 Å². The Balaban J connectivity index is 2.28. The van der Waals surface area contributed by atoms with Crippen molar-refractivity contribution in [2.24, 2.45) is 5.73 Å². The number of aryl methyl sites for hydroxylation is 1. The zero-order valence-electron chi connectivity index (χ0n) is 11.1. The summed E-state index contributed by atoms with van der Waals surface area (Å²) in [6.45, 7) is 1.74. The number of nitrogens with zero attached hydrogens (tertiary/aromatic N) is 1. The van der Waals surface area contributed by atoms with Crippen LogP contribution < -0.4 is 10.5 Å². The van der Waals surface area contributed by atoms with E-state index in [2.05, 4.69) is 15.9 Å². The van der Waals surface area contributed by atoms with Crippen LogP contribution in [0.4, 0.5) is 5.69 Å². The van der Waals surface area contributed by atoms with Crippen LogP contribution in [-0.2, 0) is 0 Å². The molecular formula is C14H12BrN3O3. The highest BCUT2D eigenvalue weighted by Crippen LogP contribution is 2.30. The van der Waals surface area contributed by atoms with Crippen LogP contribution in [0.15, 0.2) is 40.9 Å². The molecule has 0 aromatic heterocycles. The Morgan fingerprint density at radius 3 is 2.57 bits per heavy atom. The van der Waals surface area contributed by atoms with Gasteiger partial charge in [0.2, 0.25) is 0 Å². The third-order valence-electron chi connectivity index (χ3n) is 2.83. The second-order valence-corrected chi connectivity index (χ2v) is 5.22. The van der Waals surface area contributed by atoms with Crippen molar-refractivity contribution in [2.75, 3.05) is 0 Å². The van der Waals surface area contributed by atoms with Gasteiger partial charge in [-0.05, 0) is 52.7 Å². The Bertz CT molecular complexity index is 731. The second-order valence-electron chi connectivity index (χ2n) is 4.36. The van der Waals surface area contributed by atoms with Gasteiger partial charge in [-0.1, -0.05) is 0 Å². The Morgan fingerprint density at radius 1 is 1.33 bits per heavy atom. The third-order valence-corrected chi connectivity index (χ3v) is 3.48. The monoisotopic (exact) mass is 349 g/mol. The highest BCUT2D eigenvalue weighted by atomic mass is 79.9. The van der Waals surface area contributed by atoms with Crippen molar-refractivity contribution in [3.8, 4) is 11.5 Å². The van der Waals surface area contributed by atoms with Crippen molar-refractivity contribution in [2.45, 2.75) is 6.92 Å². The summed E-state index contributed by atoms with van der Waals surface area (Å²) in [4.78, 5) is 10.2. The van der Waals surface area contributed by atoms with Gasteiger partial charge in [0.1, 0.15) is 17.3 Å². The maximum atomic E-state index is 10.7. The molecule has 0 radical (unpaired) electrons. The summed E-state index contributed by atoms with van der Waals surface area (Å²) < 4.78 is 6.34. The first-order valence-corrected chi connectivity index (χ1v) is 6.74. The predicted molar refractivity (Wildman–Crippen MR) is 83.1 cm³/mol. The summed E-state index contributed by atoms with van der Waals surface area (Å²) in [5, 5.41) is 18.1. The predicted octanol–water partition coefficient (Wildman–Crippen LogP) is 3.74. The summed E-state index contributed by atoms with van der Waals surface area (Å²) in [7, 11) is 0. The van der Waals surface area contributed by atoms with Gasteiger partial charge in [-0.15, -0.1) is 0 Å². The van der Waals surface area contributed by atoms with E-state index >= 15 is 0 Å². The third kappa shape index (κ3) is 3.38. The minimum Gasteiger partial charge on any atom is -0.457 e. The van der Waals surface area contributed by atoms with Crippen molar-refractivity contribution in [3.63, 3.8) is 0 Å². The molecule has 0 aliphatic rings. The number of nitrogens with two attached hydrogens (primary N) is 1. The van der Waals surface area contributed by atoms with Crippen LogP contribution in [0.2, 0.25) is 0 Å². The topological polar surface area (TPSA) is 102 Å². The van der Waals surface area contributed by atoms with Crippen LogP contribution in [0.5, 0.6) is 11.5 Å². The Labute approximate surface area is 129 Å². The van der Waals surface area contributed by atoms with Gasteiger partial charge in [0.05, 0.1) is 4.92 Å². The van der Waals surface area contributed by atoms with E-state index in [1.807, 2.05) is 0 Å². The molecular weight excluding hydrogens is 338 g/mol. The van der Waals surface area contributed by atoms with Crippen LogP contribution in [0.1, 0.15) is 11.1 Å². The summed E-state index contributed by atoms with van der Waals surface area (Å²) >= 11 is 3.32. The van der Waals surface area contributed by atoms with Gasteiger partial charge >= 0.3 is 0 Å². The highest BCUT2D eigenvalue weighted by molar-refractivity contribution is 9.10. The molecule has 2 aromatic carbocycles. The van der Waals surface area contributed by atoms with Crippen molar-refractivity contribution >= 4 is 27.5 Å². The van der Waals surface area contributed by atoms with Gasteiger partial charge in [-0.25, -0.2) is 0 Å². The fourth-order valence-corrected chi connectivity index (χ4v) is 2.34. The molecule has 0 fully saturated rings. The number of nitro benzene ring substituents is 1. The van der Waals surface area contributed by atoms with E-state index < -0.39 is 4.92 Å². The van der Waals surface area contributed by atoms with E-state index in [1.165, 1.54) is 12.1 Å².